The van der Waals surface area contributed by atoms with Gasteiger partial charge in [-0.2, -0.15) is 5.10 Å². The number of rotatable bonds is 2. The molecule has 0 saturated heterocycles. The minimum atomic E-state index is 0.243. The monoisotopic (exact) mass is 242 g/mol. The van der Waals surface area contributed by atoms with Crippen molar-refractivity contribution in [2.24, 2.45) is 4.99 Å². The Labute approximate surface area is 105 Å². The molecule has 1 unspecified atom stereocenters. The van der Waals surface area contributed by atoms with Gasteiger partial charge in [-0.05, 0) is 24.6 Å². The highest BCUT2D eigenvalue weighted by molar-refractivity contribution is 5.95. The van der Waals surface area contributed by atoms with Gasteiger partial charge in [0.05, 0.1) is 11.7 Å². The molecule has 1 atom stereocenters. The Morgan fingerprint density at radius 2 is 2.00 bits per heavy atom. The lowest BCUT2D eigenvalue weighted by molar-refractivity contribution is 0.324. The minimum Gasteiger partial charge on any atom is -0.475 e. The number of ether oxygens (including phenoxy) is 1. The Morgan fingerprint density at radius 1 is 1.28 bits per heavy atom. The van der Waals surface area contributed by atoms with Crippen LogP contribution in [0.3, 0.4) is 0 Å². The van der Waals surface area contributed by atoms with Gasteiger partial charge in [0.15, 0.2) is 0 Å². The summed E-state index contributed by atoms with van der Waals surface area (Å²) in [6, 6.07) is 10.0. The molecular weight excluding hydrogens is 228 g/mol. The number of aliphatic imine (C=N–C) groups is 1. The van der Waals surface area contributed by atoms with E-state index < -0.39 is 0 Å². The van der Waals surface area contributed by atoms with E-state index in [4.69, 9.17) is 10.5 Å². The fourth-order valence-corrected chi connectivity index (χ4v) is 1.91. The van der Waals surface area contributed by atoms with Crippen molar-refractivity contribution < 1.29 is 4.74 Å². The molecule has 1 aliphatic heterocycles. The number of hydrogen-bond donors (Lipinski definition) is 2. The van der Waals surface area contributed by atoms with E-state index in [0.29, 0.717) is 12.4 Å². The van der Waals surface area contributed by atoms with E-state index in [1.54, 1.807) is 6.07 Å². The number of nitrogens with one attached hydrogen (secondary N) is 1. The van der Waals surface area contributed by atoms with Gasteiger partial charge < -0.3 is 10.5 Å². The SMILES string of the molecule is CC1COC(c2ccc(-c3cc(N)n[nH]3)cc2)=N1. The van der Waals surface area contributed by atoms with Crippen LogP contribution < -0.4 is 5.73 Å². The van der Waals surface area contributed by atoms with Crippen LogP contribution in [0.1, 0.15) is 12.5 Å². The predicted molar refractivity (Wildman–Crippen MR) is 70.4 cm³/mol. The zero-order valence-electron chi connectivity index (χ0n) is 10.1. The first-order valence-electron chi connectivity index (χ1n) is 5.84. The van der Waals surface area contributed by atoms with E-state index in [2.05, 4.69) is 15.2 Å². The number of anilines is 1. The van der Waals surface area contributed by atoms with Crippen LogP contribution in [0, 0.1) is 0 Å². The largest absolute Gasteiger partial charge is 0.475 e. The summed E-state index contributed by atoms with van der Waals surface area (Å²) < 4.78 is 5.51. The van der Waals surface area contributed by atoms with Gasteiger partial charge in [-0.3, -0.25) is 5.10 Å². The smallest absolute Gasteiger partial charge is 0.216 e. The molecule has 0 spiro atoms. The fourth-order valence-electron chi connectivity index (χ4n) is 1.91. The van der Waals surface area contributed by atoms with Crippen molar-refractivity contribution >= 4 is 11.7 Å². The van der Waals surface area contributed by atoms with Gasteiger partial charge in [-0.1, -0.05) is 12.1 Å². The van der Waals surface area contributed by atoms with E-state index in [9.17, 15) is 0 Å². The summed E-state index contributed by atoms with van der Waals surface area (Å²) in [5.74, 6) is 1.21. The number of aromatic amines is 1. The highest BCUT2D eigenvalue weighted by Gasteiger charge is 2.15. The summed E-state index contributed by atoms with van der Waals surface area (Å²) in [7, 11) is 0. The molecule has 0 aliphatic carbocycles. The average molecular weight is 242 g/mol. The van der Waals surface area contributed by atoms with Crippen LogP contribution in [-0.2, 0) is 4.74 Å². The molecular formula is C13H14N4O. The summed E-state index contributed by atoms with van der Waals surface area (Å²) in [4.78, 5) is 4.42. The normalized spacial score (nSPS) is 18.5. The number of aromatic nitrogens is 2. The Hall–Kier alpha value is -2.30. The van der Waals surface area contributed by atoms with Gasteiger partial charge in [0.25, 0.3) is 0 Å². The van der Waals surface area contributed by atoms with Gasteiger partial charge in [0.2, 0.25) is 5.90 Å². The third kappa shape index (κ3) is 1.95. The summed E-state index contributed by atoms with van der Waals surface area (Å²) in [5.41, 5.74) is 8.52. The Bertz CT molecular complexity index is 585. The number of nitrogens with zero attached hydrogens (tertiary/aromatic N) is 2. The molecule has 5 nitrogen and oxygen atoms in total. The molecule has 1 aliphatic rings. The van der Waals surface area contributed by atoms with Crippen LogP contribution in [0.2, 0.25) is 0 Å². The molecule has 3 rings (SSSR count). The summed E-state index contributed by atoms with van der Waals surface area (Å²) in [6.45, 7) is 2.70. The molecule has 1 aromatic heterocycles. The second kappa shape index (κ2) is 4.18. The summed E-state index contributed by atoms with van der Waals surface area (Å²) in [5, 5.41) is 6.79. The highest BCUT2D eigenvalue weighted by Crippen LogP contribution is 2.20. The van der Waals surface area contributed by atoms with Gasteiger partial charge in [0, 0.05) is 11.6 Å². The molecule has 0 saturated carbocycles. The van der Waals surface area contributed by atoms with Crippen LogP contribution in [0.25, 0.3) is 11.3 Å². The molecule has 0 radical (unpaired) electrons. The molecule has 92 valence electrons. The predicted octanol–water partition coefficient (Wildman–Crippen LogP) is 1.82. The molecule has 0 bridgehead atoms. The van der Waals surface area contributed by atoms with Crippen molar-refractivity contribution in [1.82, 2.24) is 10.2 Å². The topological polar surface area (TPSA) is 76.3 Å². The molecule has 2 aromatic rings. The minimum absolute atomic E-state index is 0.243. The molecule has 3 N–H and O–H groups in total. The van der Waals surface area contributed by atoms with Crippen LogP contribution in [0.4, 0.5) is 5.82 Å². The van der Waals surface area contributed by atoms with E-state index in [0.717, 1.165) is 22.7 Å². The maximum atomic E-state index is 5.58. The molecule has 5 heteroatoms. The highest BCUT2D eigenvalue weighted by atomic mass is 16.5. The lowest BCUT2D eigenvalue weighted by Crippen LogP contribution is -2.01. The maximum absolute atomic E-state index is 5.58. The van der Waals surface area contributed by atoms with Crippen molar-refractivity contribution in [3.05, 3.63) is 35.9 Å². The molecule has 18 heavy (non-hydrogen) atoms. The van der Waals surface area contributed by atoms with Crippen molar-refractivity contribution in [1.29, 1.82) is 0 Å². The number of nitrogen functional groups attached to an aromatic ring is 1. The third-order valence-electron chi connectivity index (χ3n) is 2.84. The summed E-state index contributed by atoms with van der Waals surface area (Å²) >= 11 is 0. The number of H-pyrrole nitrogens is 1. The first-order valence-corrected chi connectivity index (χ1v) is 5.84. The van der Waals surface area contributed by atoms with E-state index in [1.807, 2.05) is 31.2 Å². The number of nitrogens with two attached hydrogens (primary N) is 1. The van der Waals surface area contributed by atoms with Crippen LogP contribution in [0.5, 0.6) is 0 Å². The van der Waals surface area contributed by atoms with E-state index in [1.165, 1.54) is 0 Å². The first-order chi connectivity index (χ1) is 8.72. The lowest BCUT2D eigenvalue weighted by Gasteiger charge is -2.02. The molecule has 1 aromatic carbocycles. The third-order valence-corrected chi connectivity index (χ3v) is 2.84. The quantitative estimate of drug-likeness (QED) is 0.843. The van der Waals surface area contributed by atoms with Crippen LogP contribution >= 0.6 is 0 Å². The van der Waals surface area contributed by atoms with Gasteiger partial charge >= 0.3 is 0 Å². The van der Waals surface area contributed by atoms with Crippen molar-refractivity contribution in [2.45, 2.75) is 13.0 Å². The van der Waals surface area contributed by atoms with Crippen molar-refractivity contribution in [2.75, 3.05) is 12.3 Å². The Morgan fingerprint density at radius 3 is 2.56 bits per heavy atom. The Balaban J connectivity index is 1.87. The fraction of sp³-hybridized carbons (Fsp3) is 0.231. The molecule has 0 fully saturated rings. The van der Waals surface area contributed by atoms with E-state index >= 15 is 0 Å². The van der Waals surface area contributed by atoms with Crippen LogP contribution in [0.15, 0.2) is 35.3 Å². The van der Waals surface area contributed by atoms with Crippen LogP contribution in [-0.4, -0.2) is 28.7 Å². The van der Waals surface area contributed by atoms with Gasteiger partial charge in [-0.15, -0.1) is 0 Å². The first kappa shape index (κ1) is 10.8. The van der Waals surface area contributed by atoms with E-state index in [-0.39, 0.29) is 6.04 Å². The van der Waals surface area contributed by atoms with Crippen molar-refractivity contribution in [3.63, 3.8) is 0 Å². The zero-order valence-corrected chi connectivity index (χ0v) is 10.1. The average Bonchev–Trinajstić information content (AvgIpc) is 2.98. The lowest BCUT2D eigenvalue weighted by atomic mass is 10.1. The second-order valence-electron chi connectivity index (χ2n) is 4.38. The number of benzene rings is 1. The Kier molecular flexibility index (Phi) is 2.51. The van der Waals surface area contributed by atoms with Gasteiger partial charge in [0.1, 0.15) is 12.4 Å². The zero-order chi connectivity index (χ0) is 12.5. The van der Waals surface area contributed by atoms with Gasteiger partial charge in [-0.25, -0.2) is 4.99 Å². The molecule has 0 amide bonds. The van der Waals surface area contributed by atoms with Crippen molar-refractivity contribution in [3.8, 4) is 11.3 Å². The summed E-state index contributed by atoms with van der Waals surface area (Å²) in [6.07, 6.45) is 0. The maximum Gasteiger partial charge on any atom is 0.216 e. The molecule has 2 heterocycles. The standard InChI is InChI=1S/C13H14N4O/c1-8-7-18-13(15-8)10-4-2-9(3-5-10)11-6-12(14)17-16-11/h2-6,8H,7H2,1H3,(H3,14,16,17). The second-order valence-corrected chi connectivity index (χ2v) is 4.38. The number of hydrogen-bond acceptors (Lipinski definition) is 4.